The fourth-order valence-electron chi connectivity index (χ4n) is 10.7. The van der Waals surface area contributed by atoms with E-state index in [1.807, 2.05) is 22.8 Å². The molecule has 62 heavy (non-hydrogen) atoms. The molecule has 10 rings (SSSR count). The van der Waals surface area contributed by atoms with E-state index in [4.69, 9.17) is 9.15 Å². The first-order valence-electron chi connectivity index (χ1n) is 22.7. The number of aryl methyl sites for hydroxylation is 2. The number of benzene rings is 4. The van der Waals surface area contributed by atoms with Crippen LogP contribution in [0.4, 0.5) is 0 Å². The molecule has 1 radical (unpaired) electrons. The molecular formula is C56H62IrN2O2Si-2. The van der Waals surface area contributed by atoms with E-state index in [9.17, 15) is 0 Å². The number of pyridine rings is 2. The molecule has 0 saturated heterocycles. The molecule has 1 fully saturated rings. The van der Waals surface area contributed by atoms with E-state index in [0.29, 0.717) is 0 Å². The maximum atomic E-state index is 6.30. The number of ether oxygens (including phenoxy) is 1. The van der Waals surface area contributed by atoms with Gasteiger partial charge in [-0.25, -0.2) is 0 Å². The average Bonchev–Trinajstić information content (AvgIpc) is 3.91. The average molecular weight is 1020 g/mol. The van der Waals surface area contributed by atoms with E-state index >= 15 is 0 Å². The molecule has 1 saturated carbocycles. The first kappa shape index (κ1) is 43.8. The first-order chi connectivity index (χ1) is 29.5. The minimum atomic E-state index is -1.42. The van der Waals surface area contributed by atoms with Crippen LogP contribution in [0.3, 0.4) is 0 Å². The second-order valence-corrected chi connectivity index (χ2v) is 24.0. The summed E-state index contributed by atoms with van der Waals surface area (Å²) in [4.78, 5) is 0. The third-order valence-electron chi connectivity index (χ3n) is 13.8. The molecule has 0 spiro atoms. The molecular weight excluding hydrogens is 953 g/mol. The predicted octanol–water partition coefficient (Wildman–Crippen LogP) is 12.5. The molecule has 0 N–H and O–H groups in total. The van der Waals surface area contributed by atoms with Gasteiger partial charge in [0.05, 0.1) is 44.5 Å². The van der Waals surface area contributed by atoms with Crippen LogP contribution in [0, 0.1) is 33.9 Å². The Morgan fingerprint density at radius 3 is 2.13 bits per heavy atom. The zero-order valence-corrected chi connectivity index (χ0v) is 40.7. The predicted molar refractivity (Wildman–Crippen MR) is 256 cm³/mol. The van der Waals surface area contributed by atoms with Gasteiger partial charge in [0.2, 0.25) is 0 Å². The van der Waals surface area contributed by atoms with Crippen LogP contribution in [0.2, 0.25) is 19.6 Å². The summed E-state index contributed by atoms with van der Waals surface area (Å²) in [5, 5.41) is 3.80. The minimum absolute atomic E-state index is 0. The molecule has 0 aliphatic heterocycles. The third-order valence-corrected chi connectivity index (χ3v) is 15.9. The molecule has 4 nitrogen and oxygen atoms in total. The maximum absolute atomic E-state index is 6.30. The SMILES string of the molecule is [CH2-]c1cc2oc3cc(-c4ccccc4OC)ccc3c2cc1-c1c2c(cc[n+]1[CH2-])CCCC2.[CH2-]c1ccc2c(c1-c1cc(CC3CCCC3)c([Si](C)(C)C)c[n+]1[CH2-])CCCC2.[Ir]. The number of hydrogen-bond acceptors (Lipinski definition) is 2. The number of methoxy groups -OCH3 is 1. The first-order valence-corrected chi connectivity index (χ1v) is 26.2. The molecule has 0 amide bonds. The normalized spacial score (nSPS) is 15.1. The zero-order valence-electron chi connectivity index (χ0n) is 37.3. The van der Waals surface area contributed by atoms with E-state index < -0.39 is 8.07 Å². The Balaban J connectivity index is 0.000000170. The van der Waals surface area contributed by atoms with Crippen LogP contribution in [0.1, 0.15) is 90.3 Å². The molecule has 4 aromatic carbocycles. The van der Waals surface area contributed by atoms with E-state index in [2.05, 4.69) is 125 Å². The second kappa shape index (κ2) is 18.1. The number of fused-ring (bicyclic) bond motifs is 5. The zero-order chi connectivity index (χ0) is 42.4. The van der Waals surface area contributed by atoms with E-state index in [-0.39, 0.29) is 20.1 Å². The molecule has 7 aromatic rings. The second-order valence-electron chi connectivity index (χ2n) is 19.0. The van der Waals surface area contributed by atoms with Crippen molar-refractivity contribution >= 4 is 35.2 Å². The van der Waals surface area contributed by atoms with Crippen molar-refractivity contribution in [3.05, 3.63) is 158 Å². The van der Waals surface area contributed by atoms with Gasteiger partial charge in [-0.1, -0.05) is 104 Å². The molecule has 3 aliphatic carbocycles. The molecule has 6 heteroatoms. The van der Waals surface area contributed by atoms with Crippen molar-refractivity contribution < 1.29 is 38.4 Å². The number of aromatic nitrogens is 2. The van der Waals surface area contributed by atoms with E-state index in [1.54, 1.807) is 17.9 Å². The molecule has 3 aliphatic rings. The summed E-state index contributed by atoms with van der Waals surface area (Å²) in [6.45, 7) is 16.2. The van der Waals surface area contributed by atoms with Gasteiger partial charge in [0.25, 0.3) is 0 Å². The topological polar surface area (TPSA) is 30.1 Å². The van der Waals surface area contributed by atoms with Gasteiger partial charge in [0.1, 0.15) is 11.3 Å². The molecule has 0 atom stereocenters. The monoisotopic (exact) mass is 1020 g/mol. The maximum Gasteiger partial charge on any atom is 0.134 e. The summed E-state index contributed by atoms with van der Waals surface area (Å²) in [5.74, 6) is 1.72. The summed E-state index contributed by atoms with van der Waals surface area (Å²) in [6, 6.07) is 28.0. The van der Waals surface area contributed by atoms with Gasteiger partial charge in [-0.3, -0.25) is 0 Å². The quantitative estimate of drug-likeness (QED) is 0.0905. The Hall–Kier alpha value is -4.87. The van der Waals surface area contributed by atoms with Gasteiger partial charge in [0, 0.05) is 50.5 Å². The molecule has 0 bridgehead atoms. The molecule has 323 valence electrons. The minimum Gasteiger partial charge on any atom is -0.496 e. The van der Waals surface area contributed by atoms with Gasteiger partial charge in [-0.2, -0.15) is 31.0 Å². The Bertz CT molecular complexity index is 2770. The van der Waals surface area contributed by atoms with Crippen molar-refractivity contribution in [1.29, 1.82) is 0 Å². The van der Waals surface area contributed by atoms with Crippen LogP contribution >= 0.6 is 0 Å². The summed E-state index contributed by atoms with van der Waals surface area (Å²) in [7, 11) is 9.01. The van der Waals surface area contributed by atoms with Crippen LogP contribution in [0.25, 0.3) is 55.6 Å². The van der Waals surface area contributed by atoms with Crippen molar-refractivity contribution in [1.82, 2.24) is 0 Å². The smallest absolute Gasteiger partial charge is 0.134 e. The van der Waals surface area contributed by atoms with Crippen molar-refractivity contribution in [2.45, 2.75) is 103 Å². The van der Waals surface area contributed by atoms with Crippen molar-refractivity contribution in [2.24, 2.45) is 5.92 Å². The number of rotatable bonds is 7. The molecule has 3 heterocycles. The largest absolute Gasteiger partial charge is 0.496 e. The Morgan fingerprint density at radius 2 is 1.39 bits per heavy atom. The van der Waals surface area contributed by atoms with Crippen LogP contribution in [-0.2, 0) is 52.2 Å². The number of hydrogen-bond donors (Lipinski definition) is 0. The Morgan fingerprint density at radius 1 is 0.694 bits per heavy atom. The number of para-hydroxylation sites is 1. The van der Waals surface area contributed by atoms with E-state index in [0.717, 1.165) is 74.3 Å². The summed E-state index contributed by atoms with van der Waals surface area (Å²) < 4.78 is 16.0. The number of nitrogens with zero attached hydrogens (tertiary/aromatic N) is 2. The standard InChI is InChI=1S/C30H26NO2.C26H36NSi.Ir/c1-19-16-28-26(18-25(19)30-23-10-5-4-8-20(23)14-15-31(30)2)24-13-12-21(17-29(24)33-28)22-9-6-7-11-27(22)32-3;1-19-14-15-21-12-8-9-13-23(21)26(19)24-17-22(16-20-10-6-7-11-20)25(18-27(24)2)28(3,4)5;/h6-7,9,11-18H,1-2,4-5,8,10H2,3H3;14-15,17-18,20H,1-2,6-13,16H2,3-5H3;/q2*-1;. The van der Waals surface area contributed by atoms with E-state index in [1.165, 1.54) is 110 Å². The van der Waals surface area contributed by atoms with Crippen molar-refractivity contribution in [3.63, 3.8) is 0 Å². The van der Waals surface area contributed by atoms with Crippen molar-refractivity contribution in [2.75, 3.05) is 7.11 Å². The van der Waals surface area contributed by atoms with Crippen LogP contribution in [0.5, 0.6) is 5.75 Å². The third kappa shape index (κ3) is 8.46. The molecule has 0 unspecified atom stereocenters. The number of furan rings is 1. The van der Waals surface area contributed by atoms with Crippen LogP contribution in [0.15, 0.2) is 95.7 Å². The Kier molecular flexibility index (Phi) is 12.8. The van der Waals surface area contributed by atoms with Gasteiger partial charge in [0.15, 0.2) is 0 Å². The fraction of sp³-hybridized carbons (Fsp3) is 0.321. The molecule has 3 aromatic heterocycles. The van der Waals surface area contributed by atoms with Crippen LogP contribution in [-0.4, -0.2) is 15.2 Å². The van der Waals surface area contributed by atoms with Crippen LogP contribution < -0.4 is 19.1 Å². The fourth-order valence-corrected chi connectivity index (χ4v) is 12.4. The van der Waals surface area contributed by atoms with Gasteiger partial charge < -0.3 is 18.3 Å². The summed E-state index contributed by atoms with van der Waals surface area (Å²) in [5.41, 5.74) is 18.4. The van der Waals surface area contributed by atoms with Gasteiger partial charge in [-0.05, 0) is 98.2 Å². The van der Waals surface area contributed by atoms with Crippen molar-refractivity contribution in [3.8, 4) is 39.4 Å². The summed E-state index contributed by atoms with van der Waals surface area (Å²) in [6.07, 6.45) is 21.0. The van der Waals surface area contributed by atoms with Gasteiger partial charge in [-0.15, -0.1) is 29.3 Å². The summed E-state index contributed by atoms with van der Waals surface area (Å²) >= 11 is 0. The Labute approximate surface area is 385 Å². The van der Waals surface area contributed by atoms with Gasteiger partial charge >= 0.3 is 0 Å².